The molecule has 1 N–H and O–H groups in total. The third kappa shape index (κ3) is 4.96. The van der Waals surface area contributed by atoms with E-state index < -0.39 is 10.8 Å². The summed E-state index contributed by atoms with van der Waals surface area (Å²) >= 11 is 0. The maximum Gasteiger partial charge on any atom is 0.119 e. The molecule has 0 saturated carbocycles. The topological polar surface area (TPSA) is 38.3 Å². The van der Waals surface area contributed by atoms with Gasteiger partial charge in [-0.2, -0.15) is 0 Å². The molecule has 1 aromatic carbocycles. The summed E-state index contributed by atoms with van der Waals surface area (Å²) in [6.07, 6.45) is 0.951. The monoisotopic (exact) mass is 283 g/mol. The van der Waals surface area contributed by atoms with Gasteiger partial charge in [-0.15, -0.1) is 0 Å². The zero-order chi connectivity index (χ0) is 14.3. The highest BCUT2D eigenvalue weighted by Gasteiger charge is 2.16. The van der Waals surface area contributed by atoms with E-state index in [9.17, 15) is 4.21 Å². The van der Waals surface area contributed by atoms with Crippen molar-refractivity contribution in [3.8, 4) is 5.75 Å². The van der Waals surface area contributed by atoms with Crippen molar-refractivity contribution >= 4 is 10.8 Å². The maximum atomic E-state index is 12.1. The summed E-state index contributed by atoms with van der Waals surface area (Å²) in [4.78, 5) is 0. The predicted octanol–water partition coefficient (Wildman–Crippen LogP) is 2.89. The van der Waals surface area contributed by atoms with E-state index in [1.165, 1.54) is 0 Å². The van der Waals surface area contributed by atoms with Gasteiger partial charge < -0.3 is 10.1 Å². The zero-order valence-corrected chi connectivity index (χ0v) is 13.1. The molecule has 1 rings (SSSR count). The average Bonchev–Trinajstić information content (AvgIpc) is 2.45. The Hall–Kier alpha value is -0.870. The Labute approximate surface area is 119 Å². The SMILES string of the molecule is CCOc1ccc(C(CS(=O)C(C)CC)NC)cc1. The fraction of sp³-hybridized carbons (Fsp3) is 0.600. The molecule has 19 heavy (non-hydrogen) atoms. The van der Waals surface area contributed by atoms with Gasteiger partial charge >= 0.3 is 0 Å². The largest absolute Gasteiger partial charge is 0.494 e. The van der Waals surface area contributed by atoms with Crippen LogP contribution in [0.5, 0.6) is 5.75 Å². The van der Waals surface area contributed by atoms with Crippen molar-refractivity contribution in [1.29, 1.82) is 0 Å². The first kappa shape index (κ1) is 16.2. The molecule has 0 bridgehead atoms. The lowest BCUT2D eigenvalue weighted by Crippen LogP contribution is -2.26. The Balaban J connectivity index is 2.71. The summed E-state index contributed by atoms with van der Waals surface area (Å²) in [5, 5.41) is 3.49. The van der Waals surface area contributed by atoms with Crippen LogP contribution in [0, 0.1) is 0 Å². The molecule has 3 atom stereocenters. The number of hydrogen-bond donors (Lipinski definition) is 1. The van der Waals surface area contributed by atoms with Gasteiger partial charge in [0, 0.05) is 27.8 Å². The minimum atomic E-state index is -0.798. The summed E-state index contributed by atoms with van der Waals surface area (Å²) in [7, 11) is 1.11. The lowest BCUT2D eigenvalue weighted by Gasteiger charge is -2.19. The van der Waals surface area contributed by atoms with Crippen LogP contribution in [-0.4, -0.2) is 28.9 Å². The maximum absolute atomic E-state index is 12.1. The molecule has 0 radical (unpaired) electrons. The highest BCUT2D eigenvalue weighted by molar-refractivity contribution is 7.85. The highest BCUT2D eigenvalue weighted by Crippen LogP contribution is 2.19. The van der Waals surface area contributed by atoms with Gasteiger partial charge in [0.05, 0.1) is 6.61 Å². The lowest BCUT2D eigenvalue weighted by molar-refractivity contribution is 0.340. The van der Waals surface area contributed by atoms with E-state index >= 15 is 0 Å². The summed E-state index contributed by atoms with van der Waals surface area (Å²) in [6, 6.07) is 8.15. The van der Waals surface area contributed by atoms with Crippen LogP contribution in [0.4, 0.5) is 0 Å². The Morgan fingerprint density at radius 2 is 1.89 bits per heavy atom. The predicted molar refractivity (Wildman–Crippen MR) is 82.2 cm³/mol. The quantitative estimate of drug-likeness (QED) is 0.797. The van der Waals surface area contributed by atoms with E-state index in [0.717, 1.165) is 17.7 Å². The Morgan fingerprint density at radius 3 is 2.37 bits per heavy atom. The van der Waals surface area contributed by atoms with Crippen LogP contribution < -0.4 is 10.1 Å². The molecule has 0 saturated heterocycles. The second-order valence-electron chi connectivity index (χ2n) is 4.61. The van der Waals surface area contributed by atoms with Crippen molar-refractivity contribution < 1.29 is 8.95 Å². The molecule has 108 valence electrons. The summed E-state index contributed by atoms with van der Waals surface area (Å²) < 4.78 is 17.6. The minimum absolute atomic E-state index is 0.130. The number of benzene rings is 1. The van der Waals surface area contributed by atoms with Crippen LogP contribution in [0.3, 0.4) is 0 Å². The molecular formula is C15H25NO2S. The fourth-order valence-electron chi connectivity index (χ4n) is 1.82. The lowest BCUT2D eigenvalue weighted by atomic mass is 10.1. The van der Waals surface area contributed by atoms with Gasteiger partial charge in [0.25, 0.3) is 0 Å². The second kappa shape index (κ2) is 8.33. The summed E-state index contributed by atoms with van der Waals surface area (Å²) in [6.45, 7) is 6.77. The molecule has 0 aliphatic carbocycles. The van der Waals surface area contributed by atoms with Crippen LogP contribution in [0.15, 0.2) is 24.3 Å². The molecule has 4 heteroatoms. The van der Waals surface area contributed by atoms with Gasteiger partial charge in [0.2, 0.25) is 0 Å². The van der Waals surface area contributed by atoms with Crippen molar-refractivity contribution in [3.63, 3.8) is 0 Å². The molecule has 3 nitrogen and oxygen atoms in total. The molecule has 0 aliphatic rings. The molecule has 0 heterocycles. The van der Waals surface area contributed by atoms with E-state index in [1.807, 2.05) is 45.2 Å². The Kier molecular flexibility index (Phi) is 7.10. The van der Waals surface area contributed by atoms with E-state index in [-0.39, 0.29) is 11.3 Å². The van der Waals surface area contributed by atoms with Gasteiger partial charge in [-0.05, 0) is 38.1 Å². The van der Waals surface area contributed by atoms with Crippen molar-refractivity contribution in [2.24, 2.45) is 0 Å². The van der Waals surface area contributed by atoms with Gasteiger partial charge in [0.1, 0.15) is 5.75 Å². The van der Waals surface area contributed by atoms with Crippen LogP contribution >= 0.6 is 0 Å². The van der Waals surface area contributed by atoms with Crippen LogP contribution in [0.2, 0.25) is 0 Å². The van der Waals surface area contributed by atoms with Crippen molar-refractivity contribution in [1.82, 2.24) is 5.32 Å². The van der Waals surface area contributed by atoms with Crippen molar-refractivity contribution in [2.75, 3.05) is 19.4 Å². The average molecular weight is 283 g/mol. The van der Waals surface area contributed by atoms with E-state index in [0.29, 0.717) is 12.4 Å². The minimum Gasteiger partial charge on any atom is -0.494 e. The molecule has 3 unspecified atom stereocenters. The van der Waals surface area contributed by atoms with Crippen LogP contribution in [0.1, 0.15) is 38.8 Å². The van der Waals surface area contributed by atoms with Gasteiger partial charge in [-0.25, -0.2) is 0 Å². The van der Waals surface area contributed by atoms with Gasteiger partial charge in [0.15, 0.2) is 0 Å². The molecule has 1 aromatic rings. The number of hydrogen-bond acceptors (Lipinski definition) is 3. The number of ether oxygens (including phenoxy) is 1. The molecule has 0 aromatic heterocycles. The first-order chi connectivity index (χ1) is 9.12. The van der Waals surface area contributed by atoms with Gasteiger partial charge in [-0.3, -0.25) is 4.21 Å². The molecule has 0 fully saturated rings. The molecular weight excluding hydrogens is 258 g/mol. The van der Waals surface area contributed by atoms with Crippen LogP contribution in [0.25, 0.3) is 0 Å². The highest BCUT2D eigenvalue weighted by atomic mass is 32.2. The van der Waals surface area contributed by atoms with E-state index in [4.69, 9.17) is 4.74 Å². The number of rotatable bonds is 8. The Bertz CT molecular complexity index is 392. The fourth-order valence-corrected chi connectivity index (χ4v) is 3.21. The summed E-state index contributed by atoms with van der Waals surface area (Å²) in [5.74, 6) is 1.53. The zero-order valence-electron chi connectivity index (χ0n) is 12.3. The third-order valence-corrected chi connectivity index (χ3v) is 5.19. The number of nitrogens with one attached hydrogen (secondary N) is 1. The third-order valence-electron chi connectivity index (χ3n) is 3.30. The molecule has 0 aliphatic heterocycles. The summed E-state index contributed by atoms with van der Waals surface area (Å²) in [5.41, 5.74) is 1.16. The van der Waals surface area contributed by atoms with Crippen molar-refractivity contribution in [2.45, 2.75) is 38.5 Å². The van der Waals surface area contributed by atoms with E-state index in [2.05, 4.69) is 12.2 Å². The Morgan fingerprint density at radius 1 is 1.26 bits per heavy atom. The normalized spacial score (nSPS) is 15.8. The second-order valence-corrected chi connectivity index (χ2v) is 6.51. The first-order valence-corrected chi connectivity index (χ1v) is 8.27. The van der Waals surface area contributed by atoms with Crippen LogP contribution in [-0.2, 0) is 10.8 Å². The standard InChI is InChI=1S/C15H25NO2S/c1-5-12(3)19(17)11-15(16-4)13-7-9-14(10-8-13)18-6-2/h7-10,12,15-16H,5-6,11H2,1-4H3. The first-order valence-electron chi connectivity index (χ1n) is 6.89. The van der Waals surface area contributed by atoms with Crippen molar-refractivity contribution in [3.05, 3.63) is 29.8 Å². The van der Waals surface area contributed by atoms with Gasteiger partial charge in [-0.1, -0.05) is 26.0 Å². The smallest absolute Gasteiger partial charge is 0.119 e. The molecule has 0 amide bonds. The van der Waals surface area contributed by atoms with E-state index in [1.54, 1.807) is 0 Å². The molecule has 0 spiro atoms.